The van der Waals surface area contributed by atoms with Gasteiger partial charge in [-0.3, -0.25) is 18.7 Å². The Bertz CT molecular complexity index is 1260. The van der Waals surface area contributed by atoms with Crippen molar-refractivity contribution in [2.75, 3.05) is 5.32 Å². The minimum absolute atomic E-state index is 0.387. The van der Waals surface area contributed by atoms with E-state index in [2.05, 4.69) is 15.5 Å². The molecule has 0 atom stereocenters. The van der Waals surface area contributed by atoms with Gasteiger partial charge in [0.05, 0.1) is 0 Å². The van der Waals surface area contributed by atoms with Crippen LogP contribution in [0.15, 0.2) is 33.9 Å². The zero-order valence-corrected chi connectivity index (χ0v) is 18.5. The molecule has 0 spiro atoms. The number of hydrogen-bond donors (Lipinski definition) is 2. The molecule has 0 bridgehead atoms. The summed E-state index contributed by atoms with van der Waals surface area (Å²) in [4.78, 5) is 36.7. The fourth-order valence-corrected chi connectivity index (χ4v) is 4.59. The molecule has 3 aromatic rings. The van der Waals surface area contributed by atoms with Crippen LogP contribution in [0.1, 0.15) is 53.4 Å². The summed E-state index contributed by atoms with van der Waals surface area (Å²) in [6.07, 6.45) is 5.99. The van der Waals surface area contributed by atoms with E-state index in [4.69, 9.17) is 4.74 Å². The number of rotatable bonds is 5. The molecule has 2 heterocycles. The highest BCUT2D eigenvalue weighted by molar-refractivity contribution is 7.13. The molecule has 2 N–H and O–H groups in total. The van der Waals surface area contributed by atoms with Gasteiger partial charge < -0.3 is 15.2 Å². The summed E-state index contributed by atoms with van der Waals surface area (Å²) in [6, 6.07) is 6.49. The summed E-state index contributed by atoms with van der Waals surface area (Å²) in [5, 5.41) is 22.5. The minimum Gasteiger partial charge on any atom is -0.494 e. The second-order valence-corrected chi connectivity index (χ2v) is 8.70. The molecule has 32 heavy (non-hydrogen) atoms. The first-order valence-electron chi connectivity index (χ1n) is 10.3. The van der Waals surface area contributed by atoms with Gasteiger partial charge in [0.1, 0.15) is 10.8 Å². The zero-order chi connectivity index (χ0) is 22.8. The van der Waals surface area contributed by atoms with Crippen LogP contribution in [0, 0.1) is 0 Å². The molecule has 168 valence electrons. The van der Waals surface area contributed by atoms with E-state index in [0.717, 1.165) is 27.0 Å². The lowest BCUT2D eigenvalue weighted by Crippen LogP contribution is -2.40. The standard InChI is InChI=1S/C21H23N5O5S/c1-25-18(28)15(19(29)26(2)21(25)30)16(27)22-13-8-10-14(11-9-13)31-20-24-23-17(32-20)12-6-4-3-5-7-12/h8-12,28H,3-7H2,1-2H3,(H,22,27). The van der Waals surface area contributed by atoms with Gasteiger partial charge in [0.25, 0.3) is 16.7 Å². The van der Waals surface area contributed by atoms with E-state index in [1.807, 2.05) is 0 Å². The average Bonchev–Trinajstić information content (AvgIpc) is 3.27. The van der Waals surface area contributed by atoms with E-state index in [1.54, 1.807) is 24.3 Å². The third kappa shape index (κ3) is 4.28. The van der Waals surface area contributed by atoms with E-state index in [0.29, 0.717) is 22.5 Å². The number of amides is 1. The monoisotopic (exact) mass is 457 g/mol. The highest BCUT2D eigenvalue weighted by Gasteiger charge is 2.22. The Morgan fingerprint density at radius 1 is 1.09 bits per heavy atom. The van der Waals surface area contributed by atoms with Crippen molar-refractivity contribution in [3.63, 3.8) is 0 Å². The number of ether oxygens (including phenoxy) is 1. The van der Waals surface area contributed by atoms with Gasteiger partial charge in [-0.15, -0.1) is 5.10 Å². The molecule has 11 heteroatoms. The van der Waals surface area contributed by atoms with Crippen molar-refractivity contribution < 1.29 is 14.6 Å². The number of hydrogen-bond acceptors (Lipinski definition) is 8. The van der Waals surface area contributed by atoms with E-state index in [-0.39, 0.29) is 0 Å². The quantitative estimate of drug-likeness (QED) is 0.603. The smallest absolute Gasteiger partial charge is 0.333 e. The Labute approximate surface area is 187 Å². The fraction of sp³-hybridized carbons (Fsp3) is 0.381. The summed E-state index contributed by atoms with van der Waals surface area (Å²) in [5.41, 5.74) is -1.74. The van der Waals surface area contributed by atoms with Crippen LogP contribution >= 0.6 is 11.3 Å². The minimum atomic E-state index is -0.881. The van der Waals surface area contributed by atoms with Gasteiger partial charge in [-0.05, 0) is 37.1 Å². The lowest BCUT2D eigenvalue weighted by molar-refractivity contribution is 0.102. The second-order valence-electron chi connectivity index (χ2n) is 7.73. The summed E-state index contributed by atoms with van der Waals surface area (Å²) >= 11 is 1.45. The van der Waals surface area contributed by atoms with E-state index < -0.39 is 28.6 Å². The van der Waals surface area contributed by atoms with Gasteiger partial charge in [-0.1, -0.05) is 35.7 Å². The second kappa shape index (κ2) is 8.95. The van der Waals surface area contributed by atoms with Gasteiger partial charge in [-0.25, -0.2) is 4.79 Å². The Kier molecular flexibility index (Phi) is 6.08. The van der Waals surface area contributed by atoms with Gasteiger partial charge in [0.2, 0.25) is 5.88 Å². The first kappa shape index (κ1) is 21.8. The molecule has 0 saturated heterocycles. The third-order valence-electron chi connectivity index (χ3n) is 5.55. The van der Waals surface area contributed by atoms with Crippen LogP contribution in [0.4, 0.5) is 5.69 Å². The average molecular weight is 458 g/mol. The number of aromatic hydroxyl groups is 1. The van der Waals surface area contributed by atoms with Crippen LogP contribution in [-0.2, 0) is 14.1 Å². The lowest BCUT2D eigenvalue weighted by Gasteiger charge is -2.18. The van der Waals surface area contributed by atoms with Gasteiger partial charge in [0, 0.05) is 25.7 Å². The van der Waals surface area contributed by atoms with Crippen LogP contribution in [-0.4, -0.2) is 30.3 Å². The number of carbonyl (C=O) groups excluding carboxylic acids is 1. The van der Waals surface area contributed by atoms with Gasteiger partial charge >= 0.3 is 5.69 Å². The highest BCUT2D eigenvalue weighted by Crippen LogP contribution is 2.36. The van der Waals surface area contributed by atoms with Crippen LogP contribution in [0.5, 0.6) is 16.8 Å². The van der Waals surface area contributed by atoms with Gasteiger partial charge in [-0.2, -0.15) is 0 Å². The molecule has 0 unspecified atom stereocenters. The number of aromatic nitrogens is 4. The Hall–Kier alpha value is -3.47. The van der Waals surface area contributed by atoms with E-state index in [1.165, 1.54) is 44.7 Å². The predicted octanol–water partition coefficient (Wildman–Crippen LogP) is 2.73. The maximum absolute atomic E-state index is 12.6. The fourth-order valence-electron chi connectivity index (χ4n) is 3.71. The van der Waals surface area contributed by atoms with Crippen LogP contribution in [0.2, 0.25) is 0 Å². The molecular weight excluding hydrogens is 434 g/mol. The van der Waals surface area contributed by atoms with Crippen molar-refractivity contribution in [1.82, 2.24) is 19.3 Å². The number of anilines is 1. The predicted molar refractivity (Wildman–Crippen MR) is 119 cm³/mol. The molecular formula is C21H23N5O5S. The van der Waals surface area contributed by atoms with Crippen LogP contribution < -0.4 is 21.3 Å². The first-order chi connectivity index (χ1) is 15.3. The van der Waals surface area contributed by atoms with Gasteiger partial charge in [0.15, 0.2) is 5.56 Å². The molecule has 0 aliphatic heterocycles. The number of carbonyl (C=O) groups is 1. The van der Waals surface area contributed by atoms with Crippen LogP contribution in [0.3, 0.4) is 0 Å². The Morgan fingerprint density at radius 3 is 2.47 bits per heavy atom. The maximum atomic E-state index is 12.6. The largest absolute Gasteiger partial charge is 0.494 e. The van der Waals surface area contributed by atoms with Crippen molar-refractivity contribution in [2.24, 2.45) is 14.1 Å². The van der Waals surface area contributed by atoms with E-state index in [9.17, 15) is 19.5 Å². The van der Waals surface area contributed by atoms with Crippen molar-refractivity contribution in [2.45, 2.75) is 38.0 Å². The number of benzene rings is 1. The molecule has 1 fully saturated rings. The topological polar surface area (TPSA) is 128 Å². The molecule has 2 aromatic heterocycles. The maximum Gasteiger partial charge on any atom is 0.333 e. The summed E-state index contributed by atoms with van der Waals surface area (Å²) in [7, 11) is 2.51. The van der Waals surface area contributed by atoms with Crippen molar-refractivity contribution >= 4 is 22.9 Å². The highest BCUT2D eigenvalue weighted by atomic mass is 32.1. The zero-order valence-electron chi connectivity index (χ0n) is 17.7. The molecule has 1 aliphatic rings. The normalized spacial score (nSPS) is 14.3. The molecule has 4 rings (SSSR count). The molecule has 1 aliphatic carbocycles. The molecule has 1 amide bonds. The Morgan fingerprint density at radius 2 is 1.78 bits per heavy atom. The van der Waals surface area contributed by atoms with Crippen molar-refractivity contribution in [3.8, 4) is 16.8 Å². The lowest BCUT2D eigenvalue weighted by atomic mass is 9.90. The number of nitrogens with one attached hydrogen (secondary N) is 1. The van der Waals surface area contributed by atoms with Crippen molar-refractivity contribution in [1.29, 1.82) is 0 Å². The molecule has 0 radical (unpaired) electrons. The van der Waals surface area contributed by atoms with E-state index >= 15 is 0 Å². The summed E-state index contributed by atoms with van der Waals surface area (Å²) < 4.78 is 7.37. The number of nitrogens with zero attached hydrogens (tertiary/aromatic N) is 4. The first-order valence-corrected chi connectivity index (χ1v) is 11.1. The summed E-state index contributed by atoms with van der Waals surface area (Å²) in [5.74, 6) is -0.540. The third-order valence-corrected chi connectivity index (χ3v) is 6.52. The van der Waals surface area contributed by atoms with Crippen LogP contribution in [0.25, 0.3) is 0 Å². The molecule has 1 aromatic carbocycles. The molecule has 10 nitrogen and oxygen atoms in total. The molecule has 1 saturated carbocycles. The SMILES string of the molecule is Cn1c(O)c(C(=O)Nc2ccc(Oc3nnc(C4CCCCC4)s3)cc2)c(=O)n(C)c1=O. The Balaban J connectivity index is 1.45. The van der Waals surface area contributed by atoms with Crippen molar-refractivity contribution in [3.05, 3.63) is 55.7 Å². The summed E-state index contributed by atoms with van der Waals surface area (Å²) in [6.45, 7) is 0.